The number of aryl methyl sites for hydroxylation is 2. The Balaban J connectivity index is 2.11. The van der Waals surface area contributed by atoms with Gasteiger partial charge in [-0.1, -0.05) is 57.9 Å². The first-order valence-electron chi connectivity index (χ1n) is 12.7. The van der Waals surface area contributed by atoms with Gasteiger partial charge in [0.05, 0.1) is 11.6 Å². The van der Waals surface area contributed by atoms with Crippen LogP contribution >= 0.6 is 0 Å². The fourth-order valence-corrected chi connectivity index (χ4v) is 4.55. The zero-order chi connectivity index (χ0) is 27.3. The third kappa shape index (κ3) is 6.03. The molecule has 0 aromatic heterocycles. The van der Waals surface area contributed by atoms with Crippen LogP contribution in [0.5, 0.6) is 5.75 Å². The summed E-state index contributed by atoms with van der Waals surface area (Å²) in [6.45, 7) is 22.3. The standard InChI is InChI=1S/C33H37NO3/c1-9-12-14-30(27(11-3)33(35)36)34-24(8)29-16-20(4)15-28-22(6)18-31(37-32(28)29)26-17-21(5)23(7)25(19-26)13-10-2/h9,12-19,24,34H,1,6-7,10-11H2,2-5,8H3,(H,35,36)/b14-12-,25-13-,30-27-. The van der Waals surface area contributed by atoms with Gasteiger partial charge < -0.3 is 15.2 Å². The Kier molecular flexibility index (Phi) is 8.77. The number of fused-ring (bicyclic) bond motifs is 1. The van der Waals surface area contributed by atoms with Crippen molar-refractivity contribution in [3.8, 4) is 5.75 Å². The highest BCUT2D eigenvalue weighted by Crippen LogP contribution is 2.41. The molecule has 1 atom stereocenters. The van der Waals surface area contributed by atoms with Crippen molar-refractivity contribution in [1.82, 2.24) is 5.32 Å². The van der Waals surface area contributed by atoms with Crippen LogP contribution in [0.3, 0.4) is 0 Å². The number of carboxylic acid groups (broad SMARTS) is 1. The topological polar surface area (TPSA) is 58.6 Å². The third-order valence-electron chi connectivity index (χ3n) is 6.52. The summed E-state index contributed by atoms with van der Waals surface area (Å²) in [4.78, 5) is 11.9. The van der Waals surface area contributed by atoms with Gasteiger partial charge in [0.1, 0.15) is 11.5 Å². The number of allylic oxidation sites excluding steroid dienone is 5. The summed E-state index contributed by atoms with van der Waals surface area (Å²) < 4.78 is 6.58. The summed E-state index contributed by atoms with van der Waals surface area (Å²) in [6.07, 6.45) is 10.6. The lowest BCUT2D eigenvalue weighted by atomic mass is 9.92. The lowest BCUT2D eigenvalue weighted by molar-refractivity contribution is -0.132. The van der Waals surface area contributed by atoms with Crippen LogP contribution in [0.4, 0.5) is 0 Å². The van der Waals surface area contributed by atoms with Crippen LogP contribution in [0.2, 0.25) is 0 Å². The minimum absolute atomic E-state index is 0.237. The average molecular weight is 496 g/mol. The van der Waals surface area contributed by atoms with Gasteiger partial charge in [-0.05, 0) is 91.1 Å². The second-order valence-corrected chi connectivity index (χ2v) is 9.35. The Morgan fingerprint density at radius 2 is 1.89 bits per heavy atom. The fourth-order valence-electron chi connectivity index (χ4n) is 4.55. The highest BCUT2D eigenvalue weighted by Gasteiger charge is 2.24. The van der Waals surface area contributed by atoms with E-state index in [2.05, 4.69) is 69.2 Å². The molecule has 1 unspecified atom stereocenters. The molecule has 4 heteroatoms. The molecule has 192 valence electrons. The quantitative estimate of drug-likeness (QED) is 0.308. The third-order valence-corrected chi connectivity index (χ3v) is 6.52. The first kappa shape index (κ1) is 27.5. The number of carbonyl (C=O) groups is 1. The van der Waals surface area contributed by atoms with Gasteiger partial charge in [0.25, 0.3) is 0 Å². The van der Waals surface area contributed by atoms with Gasteiger partial charge in [0, 0.05) is 22.4 Å². The van der Waals surface area contributed by atoms with Gasteiger partial charge in [0.2, 0.25) is 0 Å². The predicted molar refractivity (Wildman–Crippen MR) is 155 cm³/mol. The van der Waals surface area contributed by atoms with Crippen LogP contribution in [0.15, 0.2) is 73.0 Å². The molecule has 0 aliphatic carbocycles. The number of ether oxygens (including phenoxy) is 1. The van der Waals surface area contributed by atoms with E-state index in [9.17, 15) is 9.90 Å². The van der Waals surface area contributed by atoms with E-state index in [1.807, 2.05) is 26.8 Å². The Labute approximate surface area is 220 Å². The maximum absolute atomic E-state index is 11.9. The van der Waals surface area contributed by atoms with Crippen LogP contribution in [0, 0.1) is 13.8 Å². The van der Waals surface area contributed by atoms with Crippen molar-refractivity contribution in [2.75, 3.05) is 0 Å². The molecule has 0 fully saturated rings. The minimum atomic E-state index is -0.948. The van der Waals surface area contributed by atoms with Crippen molar-refractivity contribution < 1.29 is 14.6 Å². The van der Waals surface area contributed by atoms with E-state index in [-0.39, 0.29) is 6.04 Å². The molecule has 0 amide bonds. The number of benzene rings is 2. The molecule has 0 radical (unpaired) electrons. The summed E-state index contributed by atoms with van der Waals surface area (Å²) in [5, 5.41) is 15.3. The first-order valence-corrected chi connectivity index (χ1v) is 12.7. The summed E-state index contributed by atoms with van der Waals surface area (Å²) in [5.41, 5.74) is 6.72. The molecule has 0 saturated heterocycles. The lowest BCUT2D eigenvalue weighted by Gasteiger charge is -2.27. The van der Waals surface area contributed by atoms with Gasteiger partial charge in [-0.25, -0.2) is 4.79 Å². The second kappa shape index (κ2) is 11.8. The summed E-state index contributed by atoms with van der Waals surface area (Å²) in [6, 6.07) is 8.12. The average Bonchev–Trinajstić information content (AvgIpc) is 2.85. The SMILES string of the molecule is C=C/C=C\C(NC(C)c1cc(C)cc2c1OC(c1cc(C)c(=C)/c(=C\CC)c1)=CC2=C)=C(/CC)C(=O)O. The Hall–Kier alpha value is -4.05. The normalized spacial score (nSPS) is 15.0. The van der Waals surface area contributed by atoms with Gasteiger partial charge >= 0.3 is 5.97 Å². The van der Waals surface area contributed by atoms with E-state index in [0.29, 0.717) is 17.7 Å². The summed E-state index contributed by atoms with van der Waals surface area (Å²) in [5.74, 6) is 0.507. The Morgan fingerprint density at radius 3 is 2.51 bits per heavy atom. The number of aliphatic carboxylic acids is 1. The van der Waals surface area contributed by atoms with Crippen molar-refractivity contribution in [2.24, 2.45) is 0 Å². The molecule has 3 rings (SSSR count). The molecule has 2 aromatic rings. The Morgan fingerprint density at radius 1 is 1.16 bits per heavy atom. The highest BCUT2D eigenvalue weighted by atomic mass is 16.5. The second-order valence-electron chi connectivity index (χ2n) is 9.35. The van der Waals surface area contributed by atoms with Crippen molar-refractivity contribution in [1.29, 1.82) is 0 Å². The number of rotatable bonds is 9. The Bertz CT molecular complexity index is 1450. The zero-order valence-electron chi connectivity index (χ0n) is 22.6. The molecule has 0 spiro atoms. The highest BCUT2D eigenvalue weighted by molar-refractivity contribution is 5.89. The summed E-state index contributed by atoms with van der Waals surface area (Å²) in [7, 11) is 0. The van der Waals surface area contributed by atoms with E-state index in [1.165, 1.54) is 0 Å². The van der Waals surface area contributed by atoms with Crippen molar-refractivity contribution >= 4 is 30.0 Å². The first-order chi connectivity index (χ1) is 17.6. The molecule has 1 aliphatic heterocycles. The van der Waals surface area contributed by atoms with Crippen LogP contribution in [-0.2, 0) is 4.79 Å². The largest absolute Gasteiger partial charge is 0.478 e. The molecular weight excluding hydrogens is 458 g/mol. The maximum atomic E-state index is 11.9. The smallest absolute Gasteiger partial charge is 0.333 e. The minimum Gasteiger partial charge on any atom is -0.478 e. The molecule has 0 saturated carbocycles. The van der Waals surface area contributed by atoms with Gasteiger partial charge in [0.15, 0.2) is 0 Å². The molecule has 1 aliphatic rings. The van der Waals surface area contributed by atoms with E-state index in [4.69, 9.17) is 4.74 Å². The lowest BCUT2D eigenvalue weighted by Crippen LogP contribution is -2.27. The number of carboxylic acids is 1. The van der Waals surface area contributed by atoms with Gasteiger partial charge in [-0.2, -0.15) is 0 Å². The molecule has 37 heavy (non-hydrogen) atoms. The fraction of sp³-hybridized carbons (Fsp3) is 0.242. The molecule has 2 N–H and O–H groups in total. The monoisotopic (exact) mass is 495 g/mol. The number of hydrogen-bond donors (Lipinski definition) is 2. The molecule has 1 heterocycles. The van der Waals surface area contributed by atoms with Crippen LogP contribution in [-0.4, -0.2) is 11.1 Å². The van der Waals surface area contributed by atoms with Crippen molar-refractivity contribution in [3.63, 3.8) is 0 Å². The van der Waals surface area contributed by atoms with Gasteiger partial charge in [-0.15, -0.1) is 0 Å². The predicted octanol–water partition coefficient (Wildman–Crippen LogP) is 6.49. The van der Waals surface area contributed by atoms with Crippen LogP contribution in [0.25, 0.3) is 24.0 Å². The molecule has 0 bridgehead atoms. The van der Waals surface area contributed by atoms with E-state index in [0.717, 1.165) is 61.8 Å². The van der Waals surface area contributed by atoms with Crippen LogP contribution < -0.4 is 20.5 Å². The molecule has 4 nitrogen and oxygen atoms in total. The number of nitrogens with one attached hydrogen (secondary N) is 1. The van der Waals surface area contributed by atoms with Gasteiger partial charge in [-0.3, -0.25) is 0 Å². The van der Waals surface area contributed by atoms with E-state index in [1.54, 1.807) is 18.2 Å². The molecular formula is C33H37NO3. The van der Waals surface area contributed by atoms with Crippen molar-refractivity contribution in [3.05, 3.63) is 111 Å². The maximum Gasteiger partial charge on any atom is 0.333 e. The van der Waals surface area contributed by atoms with Crippen LogP contribution in [0.1, 0.15) is 67.5 Å². The summed E-state index contributed by atoms with van der Waals surface area (Å²) >= 11 is 0. The van der Waals surface area contributed by atoms with E-state index < -0.39 is 5.97 Å². The molecule has 2 aromatic carbocycles. The zero-order valence-corrected chi connectivity index (χ0v) is 22.6. The van der Waals surface area contributed by atoms with E-state index >= 15 is 0 Å². The van der Waals surface area contributed by atoms with Crippen molar-refractivity contribution in [2.45, 2.75) is 53.5 Å². The number of hydrogen-bond acceptors (Lipinski definition) is 3.